The van der Waals surface area contributed by atoms with Gasteiger partial charge in [0.1, 0.15) is 5.82 Å². The number of hydrogen-bond donors (Lipinski definition) is 1. The molecule has 0 aromatic carbocycles. The molecule has 0 aliphatic carbocycles. The Morgan fingerprint density at radius 2 is 2.00 bits per heavy atom. The van der Waals surface area contributed by atoms with E-state index in [1.807, 2.05) is 32.6 Å². The zero-order chi connectivity index (χ0) is 15.0. The lowest BCUT2D eigenvalue weighted by Crippen LogP contribution is -1.98. The van der Waals surface area contributed by atoms with E-state index in [1.165, 1.54) is 9.75 Å². The molecule has 108 valence electrons. The maximum absolute atomic E-state index is 4.71. The first-order valence-corrected chi connectivity index (χ1v) is 7.51. The van der Waals surface area contributed by atoms with E-state index in [9.17, 15) is 0 Å². The highest BCUT2D eigenvalue weighted by atomic mass is 32.1. The van der Waals surface area contributed by atoms with Crippen LogP contribution in [-0.4, -0.2) is 26.8 Å². The molecule has 0 unspecified atom stereocenters. The van der Waals surface area contributed by atoms with Crippen LogP contribution in [0.25, 0.3) is 22.6 Å². The first-order valence-electron chi connectivity index (χ1n) is 6.70. The predicted molar refractivity (Wildman–Crippen MR) is 86.6 cm³/mol. The molecule has 0 atom stereocenters. The van der Waals surface area contributed by atoms with Gasteiger partial charge in [-0.25, -0.2) is 9.97 Å². The highest BCUT2D eigenvalue weighted by molar-refractivity contribution is 7.12. The number of thiophene rings is 1. The lowest BCUT2D eigenvalue weighted by atomic mass is 10.2. The van der Waals surface area contributed by atoms with Crippen molar-refractivity contribution in [3.8, 4) is 22.6 Å². The van der Waals surface area contributed by atoms with Crippen molar-refractivity contribution in [3.63, 3.8) is 0 Å². The number of anilines is 1. The van der Waals surface area contributed by atoms with Crippen LogP contribution in [0.15, 0.2) is 24.5 Å². The van der Waals surface area contributed by atoms with Gasteiger partial charge in [-0.2, -0.15) is 5.10 Å². The van der Waals surface area contributed by atoms with E-state index >= 15 is 0 Å². The maximum Gasteiger partial charge on any atom is 0.163 e. The Kier molecular flexibility index (Phi) is 3.47. The van der Waals surface area contributed by atoms with Crippen molar-refractivity contribution in [3.05, 3.63) is 34.3 Å². The number of aromatic nitrogens is 4. The SMILES string of the molecule is CNc1cc(-c2cnn(C)c2)nc(-c2cc(C)sc2C)n1. The minimum atomic E-state index is 0.752. The third-order valence-corrected chi connectivity index (χ3v) is 4.23. The van der Waals surface area contributed by atoms with Crippen LogP contribution in [0.1, 0.15) is 9.75 Å². The van der Waals surface area contributed by atoms with Gasteiger partial charge in [-0.05, 0) is 19.9 Å². The fraction of sp³-hybridized carbons (Fsp3) is 0.267. The summed E-state index contributed by atoms with van der Waals surface area (Å²) in [6.07, 6.45) is 3.77. The fourth-order valence-electron chi connectivity index (χ4n) is 2.25. The monoisotopic (exact) mass is 299 g/mol. The van der Waals surface area contributed by atoms with Crippen molar-refractivity contribution in [2.45, 2.75) is 13.8 Å². The van der Waals surface area contributed by atoms with Gasteiger partial charge in [0, 0.05) is 47.2 Å². The summed E-state index contributed by atoms with van der Waals surface area (Å²) in [6.45, 7) is 4.21. The number of nitrogens with one attached hydrogen (secondary N) is 1. The van der Waals surface area contributed by atoms with E-state index in [1.54, 1.807) is 16.0 Å². The topological polar surface area (TPSA) is 55.6 Å². The van der Waals surface area contributed by atoms with Crippen molar-refractivity contribution in [1.82, 2.24) is 19.7 Å². The van der Waals surface area contributed by atoms with Gasteiger partial charge in [0.2, 0.25) is 0 Å². The van der Waals surface area contributed by atoms with Crippen molar-refractivity contribution >= 4 is 17.2 Å². The van der Waals surface area contributed by atoms with Gasteiger partial charge in [-0.3, -0.25) is 4.68 Å². The van der Waals surface area contributed by atoms with Gasteiger partial charge in [-0.15, -0.1) is 11.3 Å². The van der Waals surface area contributed by atoms with E-state index in [0.29, 0.717) is 0 Å². The minimum absolute atomic E-state index is 0.752. The molecule has 0 aliphatic heterocycles. The molecule has 0 spiro atoms. The van der Waals surface area contributed by atoms with Gasteiger partial charge < -0.3 is 5.32 Å². The molecule has 3 rings (SSSR count). The van der Waals surface area contributed by atoms with E-state index in [0.717, 1.165) is 28.5 Å². The Balaban J connectivity index is 2.15. The lowest BCUT2D eigenvalue weighted by molar-refractivity contribution is 0.768. The zero-order valence-corrected chi connectivity index (χ0v) is 13.3. The van der Waals surface area contributed by atoms with Gasteiger partial charge in [0.05, 0.1) is 11.9 Å². The largest absolute Gasteiger partial charge is 0.373 e. The fourth-order valence-corrected chi connectivity index (χ4v) is 3.17. The van der Waals surface area contributed by atoms with Crippen molar-refractivity contribution in [2.24, 2.45) is 7.05 Å². The molecule has 0 fully saturated rings. The first-order chi connectivity index (χ1) is 10.1. The van der Waals surface area contributed by atoms with Gasteiger partial charge >= 0.3 is 0 Å². The summed E-state index contributed by atoms with van der Waals surface area (Å²) in [5, 5.41) is 7.32. The zero-order valence-electron chi connectivity index (χ0n) is 12.5. The summed E-state index contributed by atoms with van der Waals surface area (Å²) in [5.41, 5.74) is 2.96. The average molecular weight is 299 g/mol. The molecular weight excluding hydrogens is 282 g/mol. The first kappa shape index (κ1) is 13.8. The Hall–Kier alpha value is -2.21. The van der Waals surface area contributed by atoms with Crippen LogP contribution in [0.3, 0.4) is 0 Å². The number of rotatable bonds is 3. The highest BCUT2D eigenvalue weighted by Gasteiger charge is 2.13. The predicted octanol–water partition coefficient (Wildman–Crippen LogP) is 3.26. The van der Waals surface area contributed by atoms with Crippen molar-refractivity contribution < 1.29 is 0 Å². The molecule has 6 heteroatoms. The van der Waals surface area contributed by atoms with Crippen LogP contribution in [0, 0.1) is 13.8 Å². The molecular formula is C15H17N5S. The molecule has 0 bridgehead atoms. The van der Waals surface area contributed by atoms with E-state index in [4.69, 9.17) is 4.98 Å². The van der Waals surface area contributed by atoms with Crippen LogP contribution in [-0.2, 0) is 7.05 Å². The van der Waals surface area contributed by atoms with Crippen LogP contribution >= 0.6 is 11.3 Å². The number of hydrogen-bond acceptors (Lipinski definition) is 5. The van der Waals surface area contributed by atoms with Crippen LogP contribution in [0.4, 0.5) is 5.82 Å². The van der Waals surface area contributed by atoms with Crippen LogP contribution < -0.4 is 5.32 Å². The second kappa shape index (κ2) is 5.29. The molecule has 0 saturated carbocycles. The molecule has 0 radical (unpaired) electrons. The molecule has 0 amide bonds. The van der Waals surface area contributed by atoms with E-state index in [-0.39, 0.29) is 0 Å². The summed E-state index contributed by atoms with van der Waals surface area (Å²) in [7, 11) is 3.77. The smallest absolute Gasteiger partial charge is 0.163 e. The Morgan fingerprint density at radius 1 is 1.19 bits per heavy atom. The molecule has 21 heavy (non-hydrogen) atoms. The summed E-state index contributed by atoms with van der Waals surface area (Å²) in [4.78, 5) is 11.8. The normalized spacial score (nSPS) is 10.9. The van der Waals surface area contributed by atoms with Crippen LogP contribution in [0.5, 0.6) is 0 Å². The molecule has 3 aromatic heterocycles. The van der Waals surface area contributed by atoms with E-state index < -0.39 is 0 Å². The van der Waals surface area contributed by atoms with Gasteiger partial charge in [0.25, 0.3) is 0 Å². The molecule has 3 aromatic rings. The van der Waals surface area contributed by atoms with Gasteiger partial charge in [0.15, 0.2) is 5.82 Å². The van der Waals surface area contributed by atoms with Crippen molar-refractivity contribution in [2.75, 3.05) is 12.4 Å². The number of aryl methyl sites for hydroxylation is 3. The van der Waals surface area contributed by atoms with Gasteiger partial charge in [-0.1, -0.05) is 0 Å². The molecule has 5 nitrogen and oxygen atoms in total. The highest BCUT2D eigenvalue weighted by Crippen LogP contribution is 2.30. The van der Waals surface area contributed by atoms with E-state index in [2.05, 4.69) is 35.3 Å². The Morgan fingerprint density at radius 3 is 2.57 bits per heavy atom. The molecule has 0 aliphatic rings. The summed E-state index contributed by atoms with van der Waals surface area (Å²) in [6, 6.07) is 4.08. The maximum atomic E-state index is 4.71. The standard InChI is InChI=1S/C15H17N5S/c1-9-5-12(10(2)21-9)15-18-13(6-14(16-3)19-15)11-7-17-20(4)8-11/h5-8H,1-4H3,(H,16,18,19). The second-order valence-electron chi connectivity index (χ2n) is 4.94. The third kappa shape index (κ3) is 2.67. The van der Waals surface area contributed by atoms with Crippen LogP contribution in [0.2, 0.25) is 0 Å². The molecule has 1 N–H and O–H groups in total. The minimum Gasteiger partial charge on any atom is -0.373 e. The summed E-state index contributed by atoms with van der Waals surface area (Å²) < 4.78 is 1.77. The Labute approximate surface area is 127 Å². The molecule has 0 saturated heterocycles. The molecule has 3 heterocycles. The second-order valence-corrected chi connectivity index (χ2v) is 6.40. The quantitative estimate of drug-likeness (QED) is 0.806. The lowest BCUT2D eigenvalue weighted by Gasteiger charge is -2.06. The van der Waals surface area contributed by atoms with Crippen molar-refractivity contribution in [1.29, 1.82) is 0 Å². The Bertz CT molecular complexity index is 787. The third-order valence-electron chi connectivity index (χ3n) is 3.26. The number of nitrogens with zero attached hydrogens (tertiary/aromatic N) is 4. The summed E-state index contributed by atoms with van der Waals surface area (Å²) in [5.74, 6) is 1.56. The summed E-state index contributed by atoms with van der Waals surface area (Å²) >= 11 is 1.77. The average Bonchev–Trinajstić information content (AvgIpc) is 3.04.